The van der Waals surface area contributed by atoms with E-state index < -0.39 is 15.9 Å². The van der Waals surface area contributed by atoms with Crippen molar-refractivity contribution in [2.45, 2.75) is 31.6 Å². The summed E-state index contributed by atoms with van der Waals surface area (Å²) in [5, 5.41) is 3.88. The molecule has 0 spiro atoms. The molecule has 1 saturated heterocycles. The number of amides is 1. The normalized spacial score (nSPS) is 17.6. The van der Waals surface area contributed by atoms with E-state index in [2.05, 4.69) is 5.32 Å². The first kappa shape index (κ1) is 25.7. The molecule has 8 heteroatoms. The van der Waals surface area contributed by atoms with E-state index in [0.29, 0.717) is 35.0 Å². The molecular formula is C27H28Cl2N2O3S. The van der Waals surface area contributed by atoms with E-state index >= 15 is 0 Å². The molecule has 3 aromatic rings. The highest BCUT2D eigenvalue weighted by Crippen LogP contribution is 2.28. The van der Waals surface area contributed by atoms with Crippen LogP contribution in [0, 0.1) is 12.8 Å². The fraction of sp³-hybridized carbons (Fsp3) is 0.296. The highest BCUT2D eigenvalue weighted by Gasteiger charge is 2.33. The number of carbonyl (C=O) groups excluding carboxylic acids is 1. The van der Waals surface area contributed by atoms with Crippen LogP contribution in [0.1, 0.15) is 41.1 Å². The maximum absolute atomic E-state index is 13.4. The van der Waals surface area contributed by atoms with Crippen LogP contribution in [-0.2, 0) is 20.6 Å². The predicted octanol–water partition coefficient (Wildman–Crippen LogP) is 5.75. The monoisotopic (exact) mass is 530 g/mol. The summed E-state index contributed by atoms with van der Waals surface area (Å²) in [5.41, 5.74) is 3.66. The molecule has 0 aromatic heterocycles. The first-order valence-corrected chi connectivity index (χ1v) is 13.9. The molecule has 2 unspecified atom stereocenters. The average Bonchev–Trinajstić information content (AvgIpc) is 2.86. The molecule has 0 saturated carbocycles. The molecule has 35 heavy (non-hydrogen) atoms. The van der Waals surface area contributed by atoms with Gasteiger partial charge in [0.2, 0.25) is 15.9 Å². The summed E-state index contributed by atoms with van der Waals surface area (Å²) in [7, 11) is -3.62. The zero-order valence-electron chi connectivity index (χ0n) is 19.5. The minimum absolute atomic E-state index is 0.145. The highest BCUT2D eigenvalue weighted by atomic mass is 35.5. The molecule has 1 aliphatic heterocycles. The Balaban J connectivity index is 1.49. The lowest BCUT2D eigenvalue weighted by molar-refractivity contribution is -0.126. The molecular weight excluding hydrogens is 503 g/mol. The standard InChI is InChI=1S/C27H28Cl2N2O3S/c1-19-9-12-22(13-10-19)26(21-6-3-2-4-7-21)30-27(32)23-8-5-15-31(17-23)35(33,34)18-20-11-14-24(28)25(29)16-20/h2-4,6-7,9-14,16,23,26H,5,8,15,17-18H2,1H3,(H,30,32). The number of rotatable bonds is 7. The lowest BCUT2D eigenvalue weighted by atomic mass is 9.94. The van der Waals surface area contributed by atoms with Crippen LogP contribution in [0.3, 0.4) is 0 Å². The highest BCUT2D eigenvalue weighted by molar-refractivity contribution is 7.88. The van der Waals surface area contributed by atoms with Gasteiger partial charge >= 0.3 is 0 Å². The van der Waals surface area contributed by atoms with E-state index in [4.69, 9.17) is 23.2 Å². The Bertz CT molecular complexity index is 1280. The summed E-state index contributed by atoms with van der Waals surface area (Å²) >= 11 is 12.0. The second-order valence-electron chi connectivity index (χ2n) is 8.96. The van der Waals surface area contributed by atoms with Crippen LogP contribution in [0.5, 0.6) is 0 Å². The molecule has 3 aromatic carbocycles. The van der Waals surface area contributed by atoms with Gasteiger partial charge in [0.05, 0.1) is 27.8 Å². The molecule has 0 bridgehead atoms. The van der Waals surface area contributed by atoms with Crippen molar-refractivity contribution in [3.8, 4) is 0 Å². The van der Waals surface area contributed by atoms with Gasteiger partial charge in [-0.2, -0.15) is 0 Å². The minimum Gasteiger partial charge on any atom is -0.345 e. The number of hydrogen-bond acceptors (Lipinski definition) is 3. The number of nitrogens with zero attached hydrogens (tertiary/aromatic N) is 1. The van der Waals surface area contributed by atoms with Crippen LogP contribution in [0.25, 0.3) is 0 Å². The third kappa shape index (κ3) is 6.44. The first-order valence-electron chi connectivity index (χ1n) is 11.6. The molecule has 2 atom stereocenters. The van der Waals surface area contributed by atoms with Gasteiger partial charge in [-0.15, -0.1) is 0 Å². The summed E-state index contributed by atoms with van der Waals surface area (Å²) in [6.07, 6.45) is 1.26. The topological polar surface area (TPSA) is 66.5 Å². The third-order valence-corrected chi connectivity index (χ3v) is 8.87. The van der Waals surface area contributed by atoms with Crippen molar-refractivity contribution in [3.05, 3.63) is 105 Å². The quantitative estimate of drug-likeness (QED) is 0.422. The number of hydrogen-bond donors (Lipinski definition) is 1. The molecule has 5 nitrogen and oxygen atoms in total. The largest absolute Gasteiger partial charge is 0.345 e. The number of carbonyl (C=O) groups is 1. The fourth-order valence-electron chi connectivity index (χ4n) is 4.36. The summed E-state index contributed by atoms with van der Waals surface area (Å²) in [6, 6.07) is 22.4. The molecule has 1 amide bonds. The van der Waals surface area contributed by atoms with E-state index in [9.17, 15) is 13.2 Å². The second-order valence-corrected chi connectivity index (χ2v) is 11.7. The van der Waals surface area contributed by atoms with Crippen molar-refractivity contribution in [1.82, 2.24) is 9.62 Å². The third-order valence-electron chi connectivity index (χ3n) is 6.31. The van der Waals surface area contributed by atoms with Crippen molar-refractivity contribution in [2.75, 3.05) is 13.1 Å². The summed E-state index contributed by atoms with van der Waals surface area (Å²) in [5.74, 6) is -0.758. The Morgan fingerprint density at radius 3 is 2.37 bits per heavy atom. The number of piperidine rings is 1. The number of sulfonamides is 1. The summed E-state index contributed by atoms with van der Waals surface area (Å²) < 4.78 is 27.7. The van der Waals surface area contributed by atoms with Crippen LogP contribution in [-0.4, -0.2) is 31.7 Å². The Morgan fingerprint density at radius 2 is 1.69 bits per heavy atom. The zero-order chi connectivity index (χ0) is 25.0. The van der Waals surface area contributed by atoms with Gasteiger partial charge in [-0.3, -0.25) is 4.79 Å². The van der Waals surface area contributed by atoms with Gasteiger partial charge in [-0.1, -0.05) is 89.4 Å². The molecule has 0 radical (unpaired) electrons. The van der Waals surface area contributed by atoms with Crippen LogP contribution >= 0.6 is 23.2 Å². The van der Waals surface area contributed by atoms with E-state index in [1.807, 2.05) is 61.5 Å². The van der Waals surface area contributed by atoms with Gasteiger partial charge < -0.3 is 5.32 Å². The molecule has 1 heterocycles. The SMILES string of the molecule is Cc1ccc(C(NC(=O)C2CCCN(S(=O)(=O)Cc3ccc(Cl)c(Cl)c3)C2)c2ccccc2)cc1. The van der Waals surface area contributed by atoms with Crippen molar-refractivity contribution in [3.63, 3.8) is 0 Å². The van der Waals surface area contributed by atoms with Crippen LogP contribution in [0.15, 0.2) is 72.8 Å². The molecule has 1 N–H and O–H groups in total. The van der Waals surface area contributed by atoms with E-state index in [1.54, 1.807) is 18.2 Å². The summed E-state index contributed by atoms with van der Waals surface area (Å²) in [4.78, 5) is 13.4. The Kier molecular flexibility index (Phi) is 8.17. The average molecular weight is 532 g/mol. The maximum Gasteiger partial charge on any atom is 0.225 e. The Labute approximate surface area is 217 Å². The van der Waals surface area contributed by atoms with E-state index in [1.165, 1.54) is 4.31 Å². The summed E-state index contributed by atoms with van der Waals surface area (Å²) in [6.45, 7) is 2.58. The van der Waals surface area contributed by atoms with Gasteiger partial charge in [0, 0.05) is 13.1 Å². The molecule has 1 fully saturated rings. The van der Waals surface area contributed by atoms with E-state index in [0.717, 1.165) is 16.7 Å². The van der Waals surface area contributed by atoms with Crippen molar-refractivity contribution >= 4 is 39.1 Å². The second kappa shape index (κ2) is 11.1. The number of benzene rings is 3. The van der Waals surface area contributed by atoms with Crippen molar-refractivity contribution < 1.29 is 13.2 Å². The van der Waals surface area contributed by atoms with Gasteiger partial charge in [-0.25, -0.2) is 12.7 Å². The fourth-order valence-corrected chi connectivity index (χ4v) is 6.28. The number of nitrogens with one attached hydrogen (secondary N) is 1. The van der Waals surface area contributed by atoms with Gasteiger partial charge in [-0.05, 0) is 48.6 Å². The minimum atomic E-state index is -3.62. The van der Waals surface area contributed by atoms with Gasteiger partial charge in [0.25, 0.3) is 0 Å². The smallest absolute Gasteiger partial charge is 0.225 e. The van der Waals surface area contributed by atoms with Gasteiger partial charge in [0.15, 0.2) is 0 Å². The van der Waals surface area contributed by atoms with Crippen LogP contribution < -0.4 is 5.32 Å². The van der Waals surface area contributed by atoms with Crippen molar-refractivity contribution in [2.24, 2.45) is 5.92 Å². The Hall–Kier alpha value is -2.38. The molecule has 4 rings (SSSR count). The Morgan fingerprint density at radius 1 is 1.00 bits per heavy atom. The molecule has 0 aliphatic carbocycles. The zero-order valence-corrected chi connectivity index (χ0v) is 21.8. The van der Waals surface area contributed by atoms with Crippen LogP contribution in [0.4, 0.5) is 0 Å². The van der Waals surface area contributed by atoms with E-state index in [-0.39, 0.29) is 24.2 Å². The molecule has 1 aliphatic rings. The first-order chi connectivity index (χ1) is 16.7. The lowest BCUT2D eigenvalue weighted by Gasteiger charge is -2.32. The van der Waals surface area contributed by atoms with Crippen molar-refractivity contribution in [1.29, 1.82) is 0 Å². The van der Waals surface area contributed by atoms with Gasteiger partial charge in [0.1, 0.15) is 0 Å². The lowest BCUT2D eigenvalue weighted by Crippen LogP contribution is -2.46. The molecule has 184 valence electrons. The van der Waals surface area contributed by atoms with Crippen LogP contribution in [0.2, 0.25) is 10.0 Å². The predicted molar refractivity (Wildman–Crippen MR) is 141 cm³/mol. The number of aryl methyl sites for hydroxylation is 1. The maximum atomic E-state index is 13.4. The number of halogens is 2.